The fraction of sp³-hybridized carbons (Fsp3) is 0.368. The van der Waals surface area contributed by atoms with E-state index >= 15 is 0 Å². The van der Waals surface area contributed by atoms with Gasteiger partial charge in [0.15, 0.2) is 0 Å². The topological polar surface area (TPSA) is 65.5 Å². The molecule has 1 spiro atoms. The quantitative estimate of drug-likeness (QED) is 0.859. The third-order valence-electron chi connectivity index (χ3n) is 4.79. The lowest BCUT2D eigenvalue weighted by Crippen LogP contribution is -2.42. The maximum absolute atomic E-state index is 10.3. The van der Waals surface area contributed by atoms with E-state index in [-0.39, 0.29) is 5.56 Å². The number of rotatable bonds is 2. The van der Waals surface area contributed by atoms with Crippen LogP contribution in [0.15, 0.2) is 48.8 Å². The summed E-state index contributed by atoms with van der Waals surface area (Å²) in [6.07, 6.45) is 7.75. The van der Waals surface area contributed by atoms with Crippen molar-refractivity contribution >= 4 is 23.3 Å². The fourth-order valence-electron chi connectivity index (χ4n) is 3.44. The molecule has 0 bridgehead atoms. The number of aromatic carboxylic acids is 1. The minimum absolute atomic E-state index is 0.254. The number of carboxylic acid groups (broad SMARTS) is 1. The summed E-state index contributed by atoms with van der Waals surface area (Å²) in [4.78, 5) is 16.9. The molecule has 0 unspecified atom stereocenters. The molecule has 132 valence electrons. The molecule has 1 atom stereocenters. The summed E-state index contributed by atoms with van der Waals surface area (Å²) in [6, 6.07) is 10.2. The van der Waals surface area contributed by atoms with Crippen molar-refractivity contribution in [1.82, 2.24) is 10.3 Å². The minimum atomic E-state index is -0.934. The summed E-state index contributed by atoms with van der Waals surface area (Å²) in [7, 11) is 0. The first kappa shape index (κ1) is 17.7. The van der Waals surface area contributed by atoms with E-state index in [1.165, 1.54) is 50.2 Å². The second kappa shape index (κ2) is 7.85. The van der Waals surface area contributed by atoms with Crippen molar-refractivity contribution < 1.29 is 9.90 Å². The van der Waals surface area contributed by atoms with E-state index in [0.29, 0.717) is 10.6 Å². The van der Waals surface area contributed by atoms with Gasteiger partial charge in [-0.05, 0) is 62.2 Å². The molecule has 5 nitrogen and oxygen atoms in total. The first-order valence-electron chi connectivity index (χ1n) is 8.47. The van der Waals surface area contributed by atoms with Crippen LogP contribution in [-0.4, -0.2) is 41.2 Å². The molecule has 2 aliphatic heterocycles. The molecule has 1 aromatic heterocycles. The normalized spacial score (nSPS) is 21.9. The Morgan fingerprint density at radius 2 is 2.04 bits per heavy atom. The summed E-state index contributed by atoms with van der Waals surface area (Å²) in [6.45, 7) is 3.51. The first-order chi connectivity index (χ1) is 12.1. The van der Waals surface area contributed by atoms with Gasteiger partial charge in [-0.15, -0.1) is 0 Å². The Hall–Kier alpha value is -2.11. The maximum Gasteiger partial charge on any atom is 0.335 e. The van der Waals surface area contributed by atoms with E-state index in [1.807, 2.05) is 18.5 Å². The predicted octanol–water partition coefficient (Wildman–Crippen LogP) is 3.45. The van der Waals surface area contributed by atoms with Crippen LogP contribution < -0.4 is 10.2 Å². The highest BCUT2D eigenvalue weighted by molar-refractivity contribution is 6.30. The second-order valence-electron chi connectivity index (χ2n) is 6.51. The van der Waals surface area contributed by atoms with E-state index in [9.17, 15) is 4.79 Å². The van der Waals surface area contributed by atoms with Gasteiger partial charge in [0.25, 0.3) is 0 Å². The van der Waals surface area contributed by atoms with Crippen LogP contribution in [0.2, 0.25) is 5.02 Å². The molecule has 2 aliphatic rings. The van der Waals surface area contributed by atoms with Crippen molar-refractivity contribution in [2.75, 3.05) is 24.5 Å². The molecule has 0 amide bonds. The molecule has 3 heterocycles. The van der Waals surface area contributed by atoms with Crippen LogP contribution in [0, 0.1) is 0 Å². The number of nitrogens with one attached hydrogen (secondary N) is 1. The molecular formula is C19H22ClN3O2. The molecule has 1 aromatic carbocycles. The largest absolute Gasteiger partial charge is 0.478 e. The molecule has 4 rings (SSSR count). The Labute approximate surface area is 152 Å². The van der Waals surface area contributed by atoms with E-state index < -0.39 is 5.97 Å². The third-order valence-corrected chi connectivity index (χ3v) is 5.04. The highest BCUT2D eigenvalue weighted by Gasteiger charge is 2.39. The van der Waals surface area contributed by atoms with Crippen LogP contribution in [-0.2, 0) is 0 Å². The molecule has 2 fully saturated rings. The first-order valence-corrected chi connectivity index (χ1v) is 8.85. The van der Waals surface area contributed by atoms with Crippen LogP contribution in [0.4, 0.5) is 5.69 Å². The van der Waals surface area contributed by atoms with Gasteiger partial charge in [-0.3, -0.25) is 4.98 Å². The zero-order valence-corrected chi connectivity index (χ0v) is 14.7. The summed E-state index contributed by atoms with van der Waals surface area (Å²) < 4.78 is 0. The highest BCUT2D eigenvalue weighted by Crippen LogP contribution is 2.32. The van der Waals surface area contributed by atoms with Crippen molar-refractivity contribution in [3.05, 3.63) is 59.4 Å². The lowest BCUT2D eigenvalue weighted by atomic mass is 9.97. The van der Waals surface area contributed by atoms with Crippen molar-refractivity contribution in [1.29, 1.82) is 0 Å². The molecule has 6 heteroatoms. The van der Waals surface area contributed by atoms with Gasteiger partial charge >= 0.3 is 5.97 Å². The third kappa shape index (κ3) is 4.50. The van der Waals surface area contributed by atoms with Crippen molar-refractivity contribution in [3.8, 4) is 0 Å². The average molecular weight is 360 g/mol. The Balaban J connectivity index is 0.000000160. The van der Waals surface area contributed by atoms with Crippen LogP contribution in [0.25, 0.3) is 0 Å². The Morgan fingerprint density at radius 3 is 2.64 bits per heavy atom. The number of aromatic nitrogens is 1. The summed E-state index contributed by atoms with van der Waals surface area (Å²) in [5.41, 5.74) is 1.93. The molecule has 25 heavy (non-hydrogen) atoms. The van der Waals surface area contributed by atoms with Crippen molar-refractivity contribution in [2.45, 2.75) is 24.8 Å². The summed E-state index contributed by atoms with van der Waals surface area (Å²) in [5, 5.41) is 12.6. The number of hydrogen-bond acceptors (Lipinski definition) is 4. The molecular weight excluding hydrogens is 338 g/mol. The van der Waals surface area contributed by atoms with Crippen LogP contribution in [0.1, 0.15) is 29.6 Å². The number of nitrogens with zero attached hydrogens (tertiary/aromatic N) is 2. The number of benzene rings is 1. The smallest absolute Gasteiger partial charge is 0.335 e. The lowest BCUT2D eigenvalue weighted by Gasteiger charge is -2.25. The Kier molecular flexibility index (Phi) is 5.56. The zero-order chi connectivity index (χ0) is 17.7. The van der Waals surface area contributed by atoms with Gasteiger partial charge in [-0.25, -0.2) is 4.79 Å². The Morgan fingerprint density at radius 1 is 1.24 bits per heavy atom. The lowest BCUT2D eigenvalue weighted by molar-refractivity contribution is 0.0697. The van der Waals surface area contributed by atoms with Gasteiger partial charge in [0.1, 0.15) is 0 Å². The molecule has 2 N–H and O–H groups in total. The second-order valence-corrected chi connectivity index (χ2v) is 6.94. The number of carbonyl (C=O) groups is 1. The van der Waals surface area contributed by atoms with Crippen LogP contribution in [0.5, 0.6) is 0 Å². The zero-order valence-electron chi connectivity index (χ0n) is 14.0. The minimum Gasteiger partial charge on any atom is -0.478 e. The SMILES string of the molecule is O=C(O)c1ccc(Cl)cc1.c1cncc(N2CC[C@]3(CCCN3)C2)c1. The van der Waals surface area contributed by atoms with Crippen molar-refractivity contribution in [2.24, 2.45) is 0 Å². The maximum atomic E-state index is 10.3. The van der Waals surface area contributed by atoms with Gasteiger partial charge in [0.05, 0.1) is 17.4 Å². The highest BCUT2D eigenvalue weighted by atomic mass is 35.5. The number of carboxylic acids is 1. The molecule has 0 radical (unpaired) electrons. The van der Waals surface area contributed by atoms with Gasteiger partial charge in [0.2, 0.25) is 0 Å². The summed E-state index contributed by atoms with van der Waals surface area (Å²) >= 11 is 5.52. The number of hydrogen-bond donors (Lipinski definition) is 2. The average Bonchev–Trinajstić information content (AvgIpc) is 3.27. The van der Waals surface area contributed by atoms with E-state index in [1.54, 1.807) is 12.1 Å². The fourth-order valence-corrected chi connectivity index (χ4v) is 3.57. The predicted molar refractivity (Wildman–Crippen MR) is 99.4 cm³/mol. The van der Waals surface area contributed by atoms with Crippen LogP contribution >= 0.6 is 11.6 Å². The molecule has 0 aliphatic carbocycles. The summed E-state index contributed by atoms with van der Waals surface area (Å²) in [5.74, 6) is -0.934. The van der Waals surface area contributed by atoms with Crippen LogP contribution in [0.3, 0.4) is 0 Å². The van der Waals surface area contributed by atoms with Gasteiger partial charge < -0.3 is 15.3 Å². The number of halogens is 1. The van der Waals surface area contributed by atoms with E-state index in [4.69, 9.17) is 16.7 Å². The molecule has 2 saturated heterocycles. The van der Waals surface area contributed by atoms with Gasteiger partial charge in [-0.2, -0.15) is 0 Å². The molecule has 0 saturated carbocycles. The van der Waals surface area contributed by atoms with E-state index in [2.05, 4.69) is 21.3 Å². The Bertz CT molecular complexity index is 700. The number of anilines is 1. The van der Waals surface area contributed by atoms with Gasteiger partial charge in [0, 0.05) is 29.8 Å². The van der Waals surface area contributed by atoms with Crippen molar-refractivity contribution in [3.63, 3.8) is 0 Å². The number of pyridine rings is 1. The monoisotopic (exact) mass is 359 g/mol. The van der Waals surface area contributed by atoms with E-state index in [0.717, 1.165) is 6.54 Å². The van der Waals surface area contributed by atoms with Gasteiger partial charge in [-0.1, -0.05) is 11.6 Å². The standard InChI is InChI=1S/C12H17N3.C7H5ClO2/c1-3-11(9-13-6-1)15-8-5-12(10-15)4-2-7-14-12;8-6-3-1-5(2-4-6)7(9)10/h1,3,6,9,14H,2,4-5,7-8,10H2;1-4H,(H,9,10)/t12-;/m1./s1. The molecule has 2 aromatic rings.